The lowest BCUT2D eigenvalue weighted by atomic mass is 10.1. The van der Waals surface area contributed by atoms with E-state index < -0.39 is 0 Å². The van der Waals surface area contributed by atoms with E-state index in [1.54, 1.807) is 11.8 Å². The second-order valence-electron chi connectivity index (χ2n) is 3.96. The highest BCUT2D eigenvalue weighted by Crippen LogP contribution is 2.30. The van der Waals surface area contributed by atoms with Crippen LogP contribution in [0, 0.1) is 0 Å². The molecule has 1 heterocycles. The summed E-state index contributed by atoms with van der Waals surface area (Å²) >= 11 is 1.63. The van der Waals surface area contributed by atoms with E-state index in [4.69, 9.17) is 9.47 Å². The average Bonchev–Trinajstić information content (AvgIpc) is 2.40. The largest absolute Gasteiger partial charge is 0.489 e. The third-order valence-corrected chi connectivity index (χ3v) is 3.56. The minimum Gasteiger partial charge on any atom is -0.489 e. The summed E-state index contributed by atoms with van der Waals surface area (Å²) in [6.07, 6.45) is 4.89. The minimum atomic E-state index is 0.205. The third kappa shape index (κ3) is 3.23. The van der Waals surface area contributed by atoms with Crippen LogP contribution in [0.3, 0.4) is 0 Å². The normalized spacial score (nSPS) is 16.8. The Bertz CT molecular complexity index is 386. The molecule has 0 atom stereocenters. The lowest BCUT2D eigenvalue weighted by Gasteiger charge is -2.24. The predicted molar refractivity (Wildman–Crippen MR) is 68.1 cm³/mol. The zero-order valence-corrected chi connectivity index (χ0v) is 10.7. The first-order valence-corrected chi connectivity index (χ1v) is 6.93. The van der Waals surface area contributed by atoms with Gasteiger partial charge in [0.05, 0.1) is 13.2 Å². The summed E-state index contributed by atoms with van der Waals surface area (Å²) in [6, 6.07) is 5.56. The number of hydrogen-bond acceptors (Lipinski definition) is 4. The van der Waals surface area contributed by atoms with Crippen LogP contribution < -0.4 is 4.74 Å². The molecule has 4 heteroatoms. The van der Waals surface area contributed by atoms with Crippen molar-refractivity contribution in [3.63, 3.8) is 0 Å². The number of aldehydes is 1. The molecule has 0 amide bonds. The Morgan fingerprint density at radius 2 is 2.18 bits per heavy atom. The van der Waals surface area contributed by atoms with E-state index >= 15 is 0 Å². The van der Waals surface area contributed by atoms with Gasteiger partial charge in [0.15, 0.2) is 0 Å². The van der Waals surface area contributed by atoms with Crippen molar-refractivity contribution in [2.45, 2.75) is 23.8 Å². The highest BCUT2D eigenvalue weighted by atomic mass is 32.2. The number of ether oxygens (including phenoxy) is 2. The van der Waals surface area contributed by atoms with E-state index in [0.29, 0.717) is 5.56 Å². The lowest BCUT2D eigenvalue weighted by Crippen LogP contribution is -2.26. The Balaban J connectivity index is 2.13. The molecule has 0 unspecified atom stereocenters. The average molecular weight is 252 g/mol. The van der Waals surface area contributed by atoms with Gasteiger partial charge in [-0.3, -0.25) is 4.79 Å². The summed E-state index contributed by atoms with van der Waals surface area (Å²) in [5, 5.41) is 0. The quantitative estimate of drug-likeness (QED) is 0.610. The van der Waals surface area contributed by atoms with Crippen molar-refractivity contribution in [3.8, 4) is 5.75 Å². The zero-order valence-electron chi connectivity index (χ0n) is 9.85. The summed E-state index contributed by atoms with van der Waals surface area (Å²) in [5.74, 6) is 0.814. The Kier molecular flexibility index (Phi) is 4.45. The van der Waals surface area contributed by atoms with Crippen molar-refractivity contribution in [1.29, 1.82) is 0 Å². The van der Waals surface area contributed by atoms with Crippen LogP contribution in [0.5, 0.6) is 5.75 Å². The van der Waals surface area contributed by atoms with E-state index in [-0.39, 0.29) is 6.10 Å². The smallest absolute Gasteiger partial charge is 0.150 e. The van der Waals surface area contributed by atoms with Crippen LogP contribution in [0.15, 0.2) is 23.1 Å². The van der Waals surface area contributed by atoms with E-state index in [1.807, 2.05) is 24.5 Å². The van der Waals surface area contributed by atoms with Crippen LogP contribution in [-0.4, -0.2) is 31.9 Å². The molecular weight excluding hydrogens is 236 g/mol. The Hall–Kier alpha value is -1.00. The van der Waals surface area contributed by atoms with Crippen LogP contribution in [0.4, 0.5) is 0 Å². The molecule has 3 nitrogen and oxygen atoms in total. The summed E-state index contributed by atoms with van der Waals surface area (Å²) in [5.41, 5.74) is 0.657. The van der Waals surface area contributed by atoms with Gasteiger partial charge in [0.2, 0.25) is 0 Å². The zero-order chi connectivity index (χ0) is 12.1. The molecule has 1 fully saturated rings. The van der Waals surface area contributed by atoms with E-state index in [2.05, 4.69) is 0 Å². The minimum absolute atomic E-state index is 0.205. The summed E-state index contributed by atoms with van der Waals surface area (Å²) in [7, 11) is 0. The van der Waals surface area contributed by atoms with Gasteiger partial charge in [0.1, 0.15) is 18.1 Å². The summed E-state index contributed by atoms with van der Waals surface area (Å²) < 4.78 is 11.3. The second kappa shape index (κ2) is 6.07. The van der Waals surface area contributed by atoms with E-state index in [9.17, 15) is 4.79 Å². The topological polar surface area (TPSA) is 35.5 Å². The third-order valence-electron chi connectivity index (χ3n) is 2.79. The standard InChI is InChI=1S/C13H16O3S/c1-17-13-3-2-10(9-14)8-12(13)16-11-4-6-15-7-5-11/h2-3,8-9,11H,4-7H2,1H3. The molecule has 0 N–H and O–H groups in total. The van der Waals surface area contributed by atoms with Gasteiger partial charge >= 0.3 is 0 Å². The maximum absolute atomic E-state index is 10.8. The molecule has 0 bridgehead atoms. The van der Waals surface area contributed by atoms with Crippen molar-refractivity contribution < 1.29 is 14.3 Å². The summed E-state index contributed by atoms with van der Waals surface area (Å²) in [6.45, 7) is 1.51. The molecule has 92 valence electrons. The van der Waals surface area contributed by atoms with Crippen molar-refractivity contribution in [2.24, 2.45) is 0 Å². The molecule has 1 aliphatic heterocycles. The van der Waals surface area contributed by atoms with Gasteiger partial charge in [-0.05, 0) is 18.4 Å². The Labute approximate surface area is 105 Å². The maximum atomic E-state index is 10.8. The van der Waals surface area contributed by atoms with Gasteiger partial charge in [-0.25, -0.2) is 0 Å². The molecule has 0 aliphatic carbocycles. The molecule has 2 rings (SSSR count). The van der Waals surface area contributed by atoms with Crippen LogP contribution in [0.25, 0.3) is 0 Å². The first kappa shape index (κ1) is 12.5. The summed E-state index contributed by atoms with van der Waals surface area (Å²) in [4.78, 5) is 11.8. The molecule has 1 saturated heterocycles. The molecule has 1 aromatic rings. The number of rotatable bonds is 4. The Morgan fingerprint density at radius 1 is 1.41 bits per heavy atom. The van der Waals surface area contributed by atoms with Crippen molar-refractivity contribution >= 4 is 18.0 Å². The Morgan fingerprint density at radius 3 is 2.82 bits per heavy atom. The molecule has 1 aromatic carbocycles. The first-order valence-electron chi connectivity index (χ1n) is 5.71. The number of carbonyl (C=O) groups is 1. The van der Waals surface area contributed by atoms with E-state index in [1.165, 1.54) is 0 Å². The predicted octanol–water partition coefficient (Wildman–Crippen LogP) is 2.78. The maximum Gasteiger partial charge on any atom is 0.150 e. The van der Waals surface area contributed by atoms with Gasteiger partial charge in [-0.2, -0.15) is 0 Å². The second-order valence-corrected chi connectivity index (χ2v) is 4.81. The molecule has 0 spiro atoms. The van der Waals surface area contributed by atoms with Gasteiger partial charge in [0, 0.05) is 23.3 Å². The van der Waals surface area contributed by atoms with Crippen LogP contribution in [-0.2, 0) is 4.74 Å². The van der Waals surface area contributed by atoms with Crippen LogP contribution >= 0.6 is 11.8 Å². The molecule has 0 aromatic heterocycles. The fourth-order valence-corrected chi connectivity index (χ4v) is 2.34. The fourth-order valence-electron chi connectivity index (χ4n) is 1.83. The molecule has 0 radical (unpaired) electrons. The number of carbonyl (C=O) groups excluding carboxylic acids is 1. The van der Waals surface area contributed by atoms with Crippen molar-refractivity contribution in [3.05, 3.63) is 23.8 Å². The molecular formula is C13H16O3S. The molecule has 0 saturated carbocycles. The van der Waals surface area contributed by atoms with Crippen LogP contribution in [0.1, 0.15) is 23.2 Å². The SMILES string of the molecule is CSc1ccc(C=O)cc1OC1CCOCC1. The van der Waals surface area contributed by atoms with Gasteiger partial charge in [0.25, 0.3) is 0 Å². The molecule has 17 heavy (non-hydrogen) atoms. The van der Waals surface area contributed by atoms with Gasteiger partial charge in [-0.1, -0.05) is 6.07 Å². The lowest BCUT2D eigenvalue weighted by molar-refractivity contribution is 0.0244. The van der Waals surface area contributed by atoms with Gasteiger partial charge in [-0.15, -0.1) is 11.8 Å². The fraction of sp³-hybridized carbons (Fsp3) is 0.462. The van der Waals surface area contributed by atoms with Gasteiger partial charge < -0.3 is 9.47 Å². The van der Waals surface area contributed by atoms with Crippen molar-refractivity contribution in [2.75, 3.05) is 19.5 Å². The van der Waals surface area contributed by atoms with Crippen LogP contribution in [0.2, 0.25) is 0 Å². The monoisotopic (exact) mass is 252 g/mol. The van der Waals surface area contributed by atoms with Crippen molar-refractivity contribution in [1.82, 2.24) is 0 Å². The molecule has 1 aliphatic rings. The highest BCUT2D eigenvalue weighted by Gasteiger charge is 2.17. The number of thioether (sulfide) groups is 1. The first-order chi connectivity index (χ1) is 8.33. The highest BCUT2D eigenvalue weighted by molar-refractivity contribution is 7.98. The van der Waals surface area contributed by atoms with E-state index in [0.717, 1.165) is 43.0 Å². The number of hydrogen-bond donors (Lipinski definition) is 0. The number of benzene rings is 1.